The largest absolute Gasteiger partial charge is 0.366 e. The number of carbonyl (C=O) groups is 1. The van der Waals surface area contributed by atoms with Crippen LogP contribution in [0.3, 0.4) is 0 Å². The van der Waals surface area contributed by atoms with Crippen molar-refractivity contribution in [1.82, 2.24) is 5.32 Å². The summed E-state index contributed by atoms with van der Waals surface area (Å²) in [5, 5.41) is 3.54. The monoisotopic (exact) mass is 302 g/mol. The summed E-state index contributed by atoms with van der Waals surface area (Å²) in [7, 11) is 0. The van der Waals surface area contributed by atoms with Gasteiger partial charge in [-0.25, -0.2) is 0 Å². The molecule has 0 spiro atoms. The third-order valence-electron chi connectivity index (χ3n) is 3.90. The van der Waals surface area contributed by atoms with E-state index in [0.29, 0.717) is 5.56 Å². The highest BCUT2D eigenvalue weighted by molar-refractivity contribution is 5.94. The summed E-state index contributed by atoms with van der Waals surface area (Å²) < 4.78 is 0. The van der Waals surface area contributed by atoms with Crippen molar-refractivity contribution in [3.63, 3.8) is 0 Å². The zero-order valence-corrected chi connectivity index (χ0v) is 12.5. The Balaban J connectivity index is 0.00000161. The van der Waals surface area contributed by atoms with Gasteiger partial charge in [-0.3, -0.25) is 4.79 Å². The van der Waals surface area contributed by atoms with Crippen LogP contribution in [0.15, 0.2) is 48.5 Å². The van der Waals surface area contributed by atoms with Crippen LogP contribution < -0.4 is 11.1 Å². The van der Waals surface area contributed by atoms with Gasteiger partial charge in [0.2, 0.25) is 5.91 Å². The topological polar surface area (TPSA) is 55.1 Å². The summed E-state index contributed by atoms with van der Waals surface area (Å²) in [6.07, 6.45) is 1.79. The van der Waals surface area contributed by atoms with E-state index in [4.69, 9.17) is 5.73 Å². The van der Waals surface area contributed by atoms with Gasteiger partial charge in [0.05, 0.1) is 0 Å². The molecule has 1 atom stereocenters. The number of halogens is 1. The number of rotatable bonds is 3. The Bertz CT molecular complexity index is 628. The van der Waals surface area contributed by atoms with E-state index in [0.717, 1.165) is 24.9 Å². The Morgan fingerprint density at radius 3 is 2.62 bits per heavy atom. The van der Waals surface area contributed by atoms with Crippen LogP contribution >= 0.6 is 12.4 Å². The summed E-state index contributed by atoms with van der Waals surface area (Å²) in [6.45, 7) is 0.884. The van der Waals surface area contributed by atoms with E-state index in [-0.39, 0.29) is 24.4 Å². The third kappa shape index (κ3) is 3.26. The number of carbonyl (C=O) groups excluding carboxylic acids is 1. The van der Waals surface area contributed by atoms with Gasteiger partial charge in [0.25, 0.3) is 0 Å². The molecule has 1 aliphatic rings. The van der Waals surface area contributed by atoms with Crippen LogP contribution in [0.4, 0.5) is 0 Å². The Hall–Kier alpha value is -1.84. The lowest BCUT2D eigenvalue weighted by atomic mass is 9.87. The van der Waals surface area contributed by atoms with E-state index in [1.54, 1.807) is 0 Å². The van der Waals surface area contributed by atoms with Crippen molar-refractivity contribution >= 4 is 18.3 Å². The summed E-state index contributed by atoms with van der Waals surface area (Å²) in [5.41, 5.74) is 9.75. The minimum atomic E-state index is -0.331. The molecule has 1 heterocycles. The normalized spacial score (nSPS) is 16.7. The van der Waals surface area contributed by atoms with Gasteiger partial charge in [-0.15, -0.1) is 12.4 Å². The Kier molecular flexibility index (Phi) is 4.99. The molecule has 4 heteroatoms. The summed E-state index contributed by atoms with van der Waals surface area (Å²) in [6, 6.07) is 16.5. The van der Waals surface area contributed by atoms with Crippen molar-refractivity contribution in [1.29, 1.82) is 0 Å². The smallest absolute Gasteiger partial charge is 0.248 e. The lowest BCUT2D eigenvalue weighted by molar-refractivity contribution is 0.0999. The quantitative estimate of drug-likeness (QED) is 0.916. The predicted molar refractivity (Wildman–Crippen MR) is 86.8 cm³/mol. The van der Waals surface area contributed by atoms with Crippen molar-refractivity contribution < 1.29 is 4.79 Å². The predicted octanol–water partition coefficient (Wildman–Crippen LogP) is 2.64. The van der Waals surface area contributed by atoms with Crippen molar-refractivity contribution in [3.8, 4) is 0 Å². The molecule has 3 nitrogen and oxygen atoms in total. The molecule has 110 valence electrons. The molecule has 3 N–H and O–H groups in total. The second-order valence-corrected chi connectivity index (χ2v) is 5.18. The minimum absolute atomic E-state index is 0. The number of hydrogen-bond donors (Lipinski definition) is 2. The van der Waals surface area contributed by atoms with Gasteiger partial charge in [0, 0.05) is 11.6 Å². The fourth-order valence-electron chi connectivity index (χ4n) is 2.95. The fraction of sp³-hybridized carbons (Fsp3) is 0.235. The number of nitrogens with two attached hydrogens (primary N) is 1. The van der Waals surface area contributed by atoms with E-state index in [9.17, 15) is 4.79 Å². The summed E-state index contributed by atoms with van der Waals surface area (Å²) >= 11 is 0. The van der Waals surface area contributed by atoms with Crippen LogP contribution in [-0.2, 0) is 12.8 Å². The lowest BCUT2D eigenvalue weighted by Gasteiger charge is -2.28. The van der Waals surface area contributed by atoms with Gasteiger partial charge in [-0.05, 0) is 42.1 Å². The van der Waals surface area contributed by atoms with Crippen molar-refractivity contribution in [2.45, 2.75) is 18.9 Å². The number of hydrogen-bond acceptors (Lipinski definition) is 2. The molecule has 1 unspecified atom stereocenters. The first-order valence-electron chi connectivity index (χ1n) is 6.94. The van der Waals surface area contributed by atoms with Crippen LogP contribution in [-0.4, -0.2) is 12.5 Å². The summed E-state index contributed by atoms with van der Waals surface area (Å²) in [5.74, 6) is -0.331. The maximum atomic E-state index is 11.5. The second kappa shape index (κ2) is 6.74. The van der Waals surface area contributed by atoms with Crippen LogP contribution in [0.5, 0.6) is 0 Å². The SMILES string of the molecule is Cl.NC(=O)c1cccc2c1CCNC2Cc1ccccc1. The Labute approximate surface area is 131 Å². The van der Waals surface area contributed by atoms with Crippen LogP contribution in [0.25, 0.3) is 0 Å². The number of amides is 1. The van der Waals surface area contributed by atoms with E-state index >= 15 is 0 Å². The first-order valence-corrected chi connectivity index (χ1v) is 6.94. The number of fused-ring (bicyclic) bond motifs is 1. The average Bonchev–Trinajstić information content (AvgIpc) is 2.48. The van der Waals surface area contributed by atoms with E-state index in [2.05, 4.69) is 35.6 Å². The number of benzene rings is 2. The molecule has 0 radical (unpaired) electrons. The average molecular weight is 303 g/mol. The fourth-order valence-corrected chi connectivity index (χ4v) is 2.95. The minimum Gasteiger partial charge on any atom is -0.366 e. The molecule has 0 saturated carbocycles. The van der Waals surface area contributed by atoms with E-state index in [1.165, 1.54) is 11.1 Å². The van der Waals surface area contributed by atoms with Crippen molar-refractivity contribution in [2.24, 2.45) is 5.73 Å². The molecule has 0 saturated heterocycles. The Morgan fingerprint density at radius 1 is 1.14 bits per heavy atom. The van der Waals surface area contributed by atoms with Crippen LogP contribution in [0.2, 0.25) is 0 Å². The molecule has 21 heavy (non-hydrogen) atoms. The van der Waals surface area contributed by atoms with Gasteiger partial charge in [0.15, 0.2) is 0 Å². The van der Waals surface area contributed by atoms with Gasteiger partial charge in [-0.2, -0.15) is 0 Å². The van der Waals surface area contributed by atoms with Crippen molar-refractivity contribution in [2.75, 3.05) is 6.54 Å². The van der Waals surface area contributed by atoms with E-state index < -0.39 is 0 Å². The Morgan fingerprint density at radius 2 is 1.90 bits per heavy atom. The maximum Gasteiger partial charge on any atom is 0.248 e. The molecule has 1 amide bonds. The van der Waals surface area contributed by atoms with E-state index in [1.807, 2.05) is 18.2 Å². The molecule has 1 aliphatic heterocycles. The first-order chi connectivity index (χ1) is 9.75. The molecular weight excluding hydrogens is 284 g/mol. The number of nitrogens with one attached hydrogen (secondary N) is 1. The molecule has 0 aromatic heterocycles. The van der Waals surface area contributed by atoms with Gasteiger partial charge >= 0.3 is 0 Å². The second-order valence-electron chi connectivity index (χ2n) is 5.18. The molecular formula is C17H19ClN2O. The highest BCUT2D eigenvalue weighted by Crippen LogP contribution is 2.28. The molecule has 0 bridgehead atoms. The standard InChI is InChI=1S/C17H18N2O.ClH/c18-17(20)15-8-4-7-14-13(15)9-10-19-16(14)11-12-5-2-1-3-6-12;/h1-8,16,19H,9-11H2,(H2,18,20);1H. The molecule has 2 aromatic rings. The highest BCUT2D eigenvalue weighted by Gasteiger charge is 2.23. The lowest BCUT2D eigenvalue weighted by Crippen LogP contribution is -2.33. The maximum absolute atomic E-state index is 11.5. The summed E-state index contributed by atoms with van der Waals surface area (Å²) in [4.78, 5) is 11.5. The van der Waals surface area contributed by atoms with Crippen LogP contribution in [0.1, 0.15) is 33.1 Å². The van der Waals surface area contributed by atoms with Gasteiger partial charge in [-0.1, -0.05) is 42.5 Å². The van der Waals surface area contributed by atoms with Gasteiger partial charge < -0.3 is 11.1 Å². The third-order valence-corrected chi connectivity index (χ3v) is 3.90. The van der Waals surface area contributed by atoms with Gasteiger partial charge in [0.1, 0.15) is 0 Å². The van der Waals surface area contributed by atoms with Crippen LogP contribution in [0, 0.1) is 0 Å². The zero-order valence-electron chi connectivity index (χ0n) is 11.7. The number of primary amides is 1. The first kappa shape index (κ1) is 15.5. The zero-order chi connectivity index (χ0) is 13.9. The molecule has 0 aliphatic carbocycles. The van der Waals surface area contributed by atoms with Crippen molar-refractivity contribution in [3.05, 3.63) is 70.8 Å². The molecule has 2 aromatic carbocycles. The highest BCUT2D eigenvalue weighted by atomic mass is 35.5. The molecule has 0 fully saturated rings. The molecule has 3 rings (SSSR count).